The zero-order chi connectivity index (χ0) is 15.2. The van der Waals surface area contributed by atoms with Crippen molar-refractivity contribution in [2.75, 3.05) is 5.32 Å². The topological polar surface area (TPSA) is 59.0 Å². The summed E-state index contributed by atoms with van der Waals surface area (Å²) in [6, 6.07) is 5.19. The quantitative estimate of drug-likeness (QED) is 0.851. The van der Waals surface area contributed by atoms with Gasteiger partial charge in [-0.1, -0.05) is 11.6 Å². The zero-order valence-corrected chi connectivity index (χ0v) is 12.9. The summed E-state index contributed by atoms with van der Waals surface area (Å²) in [7, 11) is 0. The van der Waals surface area contributed by atoms with E-state index in [2.05, 4.69) is 36.5 Å². The number of carbonyl (C=O) groups excluding carboxylic acids is 1. The lowest BCUT2D eigenvalue weighted by Crippen LogP contribution is -2.38. The van der Waals surface area contributed by atoms with Gasteiger partial charge < -0.3 is 10.6 Å². The molecule has 0 bridgehead atoms. The first-order valence-corrected chi connectivity index (χ1v) is 7.14. The fourth-order valence-electron chi connectivity index (χ4n) is 2.25. The van der Waals surface area contributed by atoms with Gasteiger partial charge >= 0.3 is 0 Å². The molecule has 110 valence electrons. The van der Waals surface area contributed by atoms with Crippen molar-refractivity contribution in [3.05, 3.63) is 46.7 Å². The number of amides is 1. The Hall–Kier alpha value is -2.01. The van der Waals surface area contributed by atoms with E-state index in [4.69, 9.17) is 11.6 Å². The molecule has 0 aliphatic carbocycles. The Morgan fingerprint density at radius 3 is 2.71 bits per heavy atom. The Labute approximate surface area is 128 Å². The van der Waals surface area contributed by atoms with Crippen LogP contribution in [-0.2, 0) is 5.54 Å². The van der Waals surface area contributed by atoms with Crippen LogP contribution in [0.1, 0.15) is 42.9 Å². The van der Waals surface area contributed by atoms with Gasteiger partial charge in [0.05, 0.1) is 23.0 Å². The lowest BCUT2D eigenvalue weighted by Gasteiger charge is -2.27. The van der Waals surface area contributed by atoms with Crippen LogP contribution in [0.15, 0.2) is 30.6 Å². The summed E-state index contributed by atoms with van der Waals surface area (Å²) in [6.45, 7) is 6.23. The minimum atomic E-state index is -0.306. The van der Waals surface area contributed by atoms with Crippen LogP contribution < -0.4 is 10.6 Å². The molecule has 0 fully saturated rings. The molecule has 2 aromatic rings. The molecule has 6 heteroatoms. The third-order valence-electron chi connectivity index (χ3n) is 3.42. The van der Waals surface area contributed by atoms with Crippen LogP contribution in [-0.4, -0.2) is 15.7 Å². The zero-order valence-electron chi connectivity index (χ0n) is 12.1. The second kappa shape index (κ2) is 4.77. The average molecular weight is 305 g/mol. The third kappa shape index (κ3) is 2.61. The van der Waals surface area contributed by atoms with Gasteiger partial charge in [-0.05, 0) is 39.0 Å². The number of hydrogen-bond donors (Lipinski definition) is 2. The lowest BCUT2D eigenvalue weighted by molar-refractivity contribution is 0.0935. The molecule has 3 rings (SSSR count). The summed E-state index contributed by atoms with van der Waals surface area (Å²) in [5.41, 5.74) is 2.14. The Bertz CT molecular complexity index is 702. The normalized spacial score (nSPS) is 17.9. The first-order chi connectivity index (χ1) is 9.84. The van der Waals surface area contributed by atoms with E-state index in [1.165, 1.54) is 0 Å². The predicted molar refractivity (Wildman–Crippen MR) is 82.5 cm³/mol. The van der Waals surface area contributed by atoms with Crippen molar-refractivity contribution in [1.82, 2.24) is 15.1 Å². The SMILES string of the molecule is CC(C)(C)n1cc(C2NC(=O)c3ccc(Cl)cc3N2)cn1. The van der Waals surface area contributed by atoms with Crippen LogP contribution >= 0.6 is 11.6 Å². The van der Waals surface area contributed by atoms with Gasteiger partial charge in [-0.15, -0.1) is 0 Å². The monoisotopic (exact) mass is 304 g/mol. The molecule has 1 aromatic carbocycles. The molecule has 1 amide bonds. The van der Waals surface area contributed by atoms with E-state index in [-0.39, 0.29) is 17.6 Å². The van der Waals surface area contributed by atoms with E-state index >= 15 is 0 Å². The van der Waals surface area contributed by atoms with Crippen molar-refractivity contribution >= 4 is 23.2 Å². The van der Waals surface area contributed by atoms with Crippen LogP contribution in [0, 0.1) is 0 Å². The number of hydrogen-bond acceptors (Lipinski definition) is 3. The summed E-state index contributed by atoms with van der Waals surface area (Å²) in [5.74, 6) is -0.117. The summed E-state index contributed by atoms with van der Waals surface area (Å²) >= 11 is 5.99. The molecule has 0 radical (unpaired) electrons. The minimum Gasteiger partial charge on any atom is -0.361 e. The fourth-order valence-corrected chi connectivity index (χ4v) is 2.43. The maximum atomic E-state index is 12.2. The fraction of sp³-hybridized carbons (Fsp3) is 0.333. The summed E-state index contributed by atoms with van der Waals surface area (Å²) < 4.78 is 1.88. The van der Waals surface area contributed by atoms with E-state index < -0.39 is 0 Å². The van der Waals surface area contributed by atoms with Gasteiger partial charge in [-0.3, -0.25) is 9.48 Å². The maximum Gasteiger partial charge on any atom is 0.255 e. The highest BCUT2D eigenvalue weighted by Gasteiger charge is 2.26. The summed E-state index contributed by atoms with van der Waals surface area (Å²) in [6.07, 6.45) is 3.39. The third-order valence-corrected chi connectivity index (χ3v) is 3.66. The van der Waals surface area contributed by atoms with Gasteiger partial charge in [-0.25, -0.2) is 0 Å². The highest BCUT2D eigenvalue weighted by molar-refractivity contribution is 6.31. The first kappa shape index (κ1) is 13.9. The molecule has 1 atom stereocenters. The van der Waals surface area contributed by atoms with Crippen molar-refractivity contribution in [3.63, 3.8) is 0 Å². The van der Waals surface area contributed by atoms with Crippen LogP contribution in [0.4, 0.5) is 5.69 Å². The number of nitrogens with one attached hydrogen (secondary N) is 2. The second-order valence-corrected chi connectivity index (χ2v) is 6.57. The van der Waals surface area contributed by atoms with Gasteiger partial charge in [-0.2, -0.15) is 5.10 Å². The van der Waals surface area contributed by atoms with E-state index in [1.54, 1.807) is 24.4 Å². The van der Waals surface area contributed by atoms with Crippen LogP contribution in [0.5, 0.6) is 0 Å². The van der Waals surface area contributed by atoms with E-state index in [1.807, 2.05) is 10.9 Å². The maximum absolute atomic E-state index is 12.2. The number of aromatic nitrogens is 2. The van der Waals surface area contributed by atoms with E-state index in [0.29, 0.717) is 10.6 Å². The molecule has 1 aromatic heterocycles. The van der Waals surface area contributed by atoms with E-state index in [9.17, 15) is 4.79 Å². The molecule has 1 aliphatic heterocycles. The van der Waals surface area contributed by atoms with Crippen molar-refractivity contribution in [3.8, 4) is 0 Å². The molecule has 1 unspecified atom stereocenters. The Morgan fingerprint density at radius 1 is 1.29 bits per heavy atom. The number of anilines is 1. The predicted octanol–water partition coefficient (Wildman–Crippen LogP) is 3.15. The lowest BCUT2D eigenvalue weighted by atomic mass is 10.1. The standard InChI is InChI=1S/C15H17ClN4O/c1-15(2,3)20-8-9(7-17-20)13-18-12-6-10(16)4-5-11(12)14(21)19-13/h4-8,13,18H,1-3H3,(H,19,21). The minimum absolute atomic E-state index is 0.0991. The largest absolute Gasteiger partial charge is 0.361 e. The number of halogens is 1. The smallest absolute Gasteiger partial charge is 0.255 e. The summed E-state index contributed by atoms with van der Waals surface area (Å²) in [5, 5.41) is 11.2. The number of benzene rings is 1. The molecule has 21 heavy (non-hydrogen) atoms. The highest BCUT2D eigenvalue weighted by Crippen LogP contribution is 2.29. The molecular weight excluding hydrogens is 288 g/mol. The molecule has 1 aliphatic rings. The van der Waals surface area contributed by atoms with Crippen LogP contribution in [0.3, 0.4) is 0 Å². The van der Waals surface area contributed by atoms with Crippen molar-refractivity contribution in [2.45, 2.75) is 32.5 Å². The van der Waals surface area contributed by atoms with Gasteiger partial charge in [0, 0.05) is 16.8 Å². The molecule has 5 nitrogen and oxygen atoms in total. The Kier molecular flexibility index (Phi) is 3.17. The summed E-state index contributed by atoms with van der Waals surface area (Å²) in [4.78, 5) is 12.2. The van der Waals surface area contributed by atoms with Crippen LogP contribution in [0.25, 0.3) is 0 Å². The van der Waals surface area contributed by atoms with Crippen molar-refractivity contribution in [2.24, 2.45) is 0 Å². The van der Waals surface area contributed by atoms with Gasteiger partial charge in [0.25, 0.3) is 5.91 Å². The molecule has 2 heterocycles. The number of fused-ring (bicyclic) bond motifs is 1. The second-order valence-electron chi connectivity index (χ2n) is 6.13. The molecule has 0 saturated heterocycles. The van der Waals surface area contributed by atoms with Crippen molar-refractivity contribution < 1.29 is 4.79 Å². The van der Waals surface area contributed by atoms with Gasteiger partial charge in [0.2, 0.25) is 0 Å². The Morgan fingerprint density at radius 2 is 2.05 bits per heavy atom. The molecule has 0 saturated carbocycles. The molecular formula is C15H17ClN4O. The average Bonchev–Trinajstić information content (AvgIpc) is 2.87. The number of rotatable bonds is 1. The van der Waals surface area contributed by atoms with E-state index in [0.717, 1.165) is 11.3 Å². The highest BCUT2D eigenvalue weighted by atomic mass is 35.5. The van der Waals surface area contributed by atoms with Crippen LogP contribution in [0.2, 0.25) is 5.02 Å². The van der Waals surface area contributed by atoms with Gasteiger partial charge in [0.15, 0.2) is 0 Å². The molecule has 0 spiro atoms. The number of carbonyl (C=O) groups is 1. The van der Waals surface area contributed by atoms with Gasteiger partial charge in [0.1, 0.15) is 6.17 Å². The first-order valence-electron chi connectivity index (χ1n) is 6.76. The Balaban J connectivity index is 1.92. The van der Waals surface area contributed by atoms with Crippen molar-refractivity contribution in [1.29, 1.82) is 0 Å². The number of nitrogens with zero attached hydrogens (tertiary/aromatic N) is 2. The molecule has 2 N–H and O–H groups in total.